The molecule has 0 heterocycles. The van der Waals surface area contributed by atoms with Crippen molar-refractivity contribution in [3.05, 3.63) is 36.5 Å². The Hall–Kier alpha value is -1.22. The number of terminal acetylenes is 1. The molecular weight excluding hydrogens is 156 g/mol. The second-order valence-corrected chi connectivity index (χ2v) is 1.85. The van der Waals surface area contributed by atoms with E-state index in [2.05, 4.69) is 19.1 Å². The fraction of sp³-hybridized carbons (Fsp3) is 0.385. The van der Waals surface area contributed by atoms with Gasteiger partial charge in [0, 0.05) is 5.57 Å². The molecule has 0 spiro atoms. The Bertz CT molecular complexity index is 187. The summed E-state index contributed by atoms with van der Waals surface area (Å²) < 4.78 is 0. The van der Waals surface area contributed by atoms with E-state index in [9.17, 15) is 0 Å². The molecule has 0 aliphatic rings. The Morgan fingerprint density at radius 2 is 1.46 bits per heavy atom. The van der Waals surface area contributed by atoms with Gasteiger partial charge >= 0.3 is 0 Å². The SMILES string of the molecule is C#CC(=C)/C=C\C(=C)C.CC.CC. The van der Waals surface area contributed by atoms with E-state index in [1.807, 2.05) is 40.7 Å². The molecule has 0 aliphatic heterocycles. The highest BCUT2D eigenvalue weighted by Gasteiger charge is 1.76. The predicted molar refractivity (Wildman–Crippen MR) is 64.6 cm³/mol. The third-order valence-corrected chi connectivity index (χ3v) is 0.754. The summed E-state index contributed by atoms with van der Waals surface area (Å²) in [5.74, 6) is 2.40. The lowest BCUT2D eigenvalue weighted by atomic mass is 10.2. The molecule has 0 N–H and O–H groups in total. The highest BCUT2D eigenvalue weighted by molar-refractivity contribution is 5.35. The highest BCUT2D eigenvalue weighted by atomic mass is 13.8. The van der Waals surface area contributed by atoms with Crippen LogP contribution in [0.1, 0.15) is 34.6 Å². The van der Waals surface area contributed by atoms with E-state index in [0.29, 0.717) is 5.57 Å². The van der Waals surface area contributed by atoms with Gasteiger partial charge in [0.05, 0.1) is 0 Å². The van der Waals surface area contributed by atoms with Gasteiger partial charge in [0.25, 0.3) is 0 Å². The molecule has 0 radical (unpaired) electrons. The van der Waals surface area contributed by atoms with E-state index in [1.165, 1.54) is 0 Å². The van der Waals surface area contributed by atoms with Crippen LogP contribution in [0.5, 0.6) is 0 Å². The summed E-state index contributed by atoms with van der Waals surface area (Å²) in [5, 5.41) is 0. The van der Waals surface area contributed by atoms with Crippen molar-refractivity contribution in [1.29, 1.82) is 0 Å². The average molecular weight is 178 g/mol. The Labute approximate surface area is 84.1 Å². The van der Waals surface area contributed by atoms with Crippen LogP contribution in [0, 0.1) is 12.3 Å². The van der Waals surface area contributed by atoms with E-state index < -0.39 is 0 Å². The number of hydrogen-bond donors (Lipinski definition) is 0. The zero-order valence-electron chi connectivity index (χ0n) is 9.65. The quantitative estimate of drug-likeness (QED) is 0.435. The molecule has 0 bridgehead atoms. The summed E-state index contributed by atoms with van der Waals surface area (Å²) in [4.78, 5) is 0. The van der Waals surface area contributed by atoms with Gasteiger partial charge in [0.1, 0.15) is 0 Å². The van der Waals surface area contributed by atoms with Crippen LogP contribution >= 0.6 is 0 Å². The molecule has 0 heteroatoms. The van der Waals surface area contributed by atoms with Crippen LogP contribution in [-0.4, -0.2) is 0 Å². The summed E-state index contributed by atoms with van der Waals surface area (Å²) in [6.45, 7) is 17.1. The molecule has 0 rings (SSSR count). The van der Waals surface area contributed by atoms with Gasteiger partial charge in [-0.05, 0) is 13.0 Å². The van der Waals surface area contributed by atoms with Gasteiger partial charge in [-0.25, -0.2) is 0 Å². The van der Waals surface area contributed by atoms with Gasteiger partial charge in [-0.3, -0.25) is 0 Å². The lowest BCUT2D eigenvalue weighted by molar-refractivity contribution is 1.50. The summed E-state index contributed by atoms with van der Waals surface area (Å²) in [7, 11) is 0. The maximum absolute atomic E-state index is 5.03. The standard InChI is InChI=1S/C9H10.2C2H6/c1-5-9(4)7-6-8(2)3;2*1-2/h1,6-7H,2,4H2,3H3;2*1-2H3/b7-6-;;. The van der Waals surface area contributed by atoms with Crippen LogP contribution in [0.25, 0.3) is 0 Å². The fourth-order valence-corrected chi connectivity index (χ4v) is 0.291. The number of hydrogen-bond acceptors (Lipinski definition) is 0. The van der Waals surface area contributed by atoms with Gasteiger partial charge in [-0.2, -0.15) is 0 Å². The van der Waals surface area contributed by atoms with Crippen molar-refractivity contribution >= 4 is 0 Å². The molecule has 0 aromatic carbocycles. The minimum absolute atomic E-state index is 0.679. The molecule has 0 amide bonds. The summed E-state index contributed by atoms with van der Waals surface area (Å²) in [6.07, 6.45) is 8.63. The molecule has 0 fully saturated rings. The Kier molecular flexibility index (Phi) is 23.3. The maximum atomic E-state index is 5.03. The topological polar surface area (TPSA) is 0 Å². The molecule has 0 saturated carbocycles. The molecule has 74 valence electrons. The van der Waals surface area contributed by atoms with Gasteiger partial charge < -0.3 is 0 Å². The van der Waals surface area contributed by atoms with Crippen LogP contribution < -0.4 is 0 Å². The van der Waals surface area contributed by atoms with Crippen molar-refractivity contribution in [2.75, 3.05) is 0 Å². The third-order valence-electron chi connectivity index (χ3n) is 0.754. The van der Waals surface area contributed by atoms with Crippen LogP contribution in [0.15, 0.2) is 36.5 Å². The minimum atomic E-state index is 0.679. The average Bonchev–Trinajstić information content (AvgIpc) is 2.20. The molecule has 0 aliphatic carbocycles. The van der Waals surface area contributed by atoms with Gasteiger partial charge in [-0.15, -0.1) is 6.42 Å². The Morgan fingerprint density at radius 3 is 1.69 bits per heavy atom. The Balaban J connectivity index is -0.000000218. The largest absolute Gasteiger partial charge is 0.115 e. The third kappa shape index (κ3) is 24.9. The summed E-state index contributed by atoms with van der Waals surface area (Å²) in [5.41, 5.74) is 1.66. The van der Waals surface area contributed by atoms with Crippen LogP contribution in [-0.2, 0) is 0 Å². The first-order chi connectivity index (χ1) is 6.16. The van der Waals surface area contributed by atoms with Crippen LogP contribution in [0.2, 0.25) is 0 Å². The van der Waals surface area contributed by atoms with E-state index in [0.717, 1.165) is 5.57 Å². The van der Waals surface area contributed by atoms with Gasteiger partial charge in [0.2, 0.25) is 0 Å². The minimum Gasteiger partial charge on any atom is -0.115 e. The number of allylic oxidation sites excluding steroid dienone is 4. The number of rotatable bonds is 2. The summed E-state index contributed by atoms with van der Waals surface area (Å²) >= 11 is 0. The van der Waals surface area contributed by atoms with Crippen molar-refractivity contribution in [2.24, 2.45) is 0 Å². The molecule has 0 aromatic rings. The van der Waals surface area contributed by atoms with Gasteiger partial charge in [-0.1, -0.05) is 58.4 Å². The first kappa shape index (κ1) is 17.8. The van der Waals surface area contributed by atoms with E-state index in [1.54, 1.807) is 6.08 Å². The second kappa shape index (κ2) is 17.0. The predicted octanol–water partition coefficient (Wildman–Crippen LogP) is 4.36. The van der Waals surface area contributed by atoms with E-state index in [-0.39, 0.29) is 0 Å². The fourth-order valence-electron chi connectivity index (χ4n) is 0.291. The van der Waals surface area contributed by atoms with Gasteiger partial charge in [0.15, 0.2) is 0 Å². The molecule has 0 saturated heterocycles. The van der Waals surface area contributed by atoms with Crippen molar-refractivity contribution in [1.82, 2.24) is 0 Å². The zero-order valence-corrected chi connectivity index (χ0v) is 9.65. The lowest BCUT2D eigenvalue weighted by Gasteiger charge is -1.83. The maximum Gasteiger partial charge on any atom is 0.0170 e. The molecule has 0 unspecified atom stereocenters. The first-order valence-electron chi connectivity index (χ1n) is 4.66. The van der Waals surface area contributed by atoms with Crippen molar-refractivity contribution in [2.45, 2.75) is 34.6 Å². The van der Waals surface area contributed by atoms with Crippen LogP contribution in [0.3, 0.4) is 0 Å². The molecule has 0 aromatic heterocycles. The van der Waals surface area contributed by atoms with Crippen molar-refractivity contribution in [3.63, 3.8) is 0 Å². The highest BCUT2D eigenvalue weighted by Crippen LogP contribution is 1.94. The molecular formula is C13H22. The molecule has 0 atom stereocenters. The smallest absolute Gasteiger partial charge is 0.0170 e. The van der Waals surface area contributed by atoms with Crippen molar-refractivity contribution in [3.8, 4) is 12.3 Å². The van der Waals surface area contributed by atoms with Crippen molar-refractivity contribution < 1.29 is 0 Å². The van der Waals surface area contributed by atoms with Crippen LogP contribution in [0.4, 0.5) is 0 Å². The molecule has 13 heavy (non-hydrogen) atoms. The normalized spacial score (nSPS) is 7.08. The summed E-state index contributed by atoms with van der Waals surface area (Å²) in [6, 6.07) is 0. The lowest BCUT2D eigenvalue weighted by Crippen LogP contribution is -1.66. The molecule has 0 nitrogen and oxygen atoms in total. The monoisotopic (exact) mass is 178 g/mol. The van der Waals surface area contributed by atoms with E-state index >= 15 is 0 Å². The Morgan fingerprint density at radius 1 is 1.08 bits per heavy atom. The second-order valence-electron chi connectivity index (χ2n) is 1.85. The zero-order chi connectivity index (χ0) is 11.3. The first-order valence-corrected chi connectivity index (χ1v) is 4.66. The van der Waals surface area contributed by atoms with E-state index in [4.69, 9.17) is 6.42 Å².